The van der Waals surface area contributed by atoms with E-state index in [2.05, 4.69) is 6.92 Å². The Labute approximate surface area is 377 Å². The molecule has 0 fully saturated rings. The lowest BCUT2D eigenvalue weighted by Gasteiger charge is -2.09. The predicted molar refractivity (Wildman–Crippen MR) is 243 cm³/mol. The zero-order valence-corrected chi connectivity index (χ0v) is 39.8. The second kappa shape index (κ2) is 47.6. The molecule has 0 spiro atoms. The highest BCUT2D eigenvalue weighted by Crippen LogP contribution is 2.14. The van der Waals surface area contributed by atoms with Gasteiger partial charge in [0.2, 0.25) is 0 Å². The molecule has 366 valence electrons. The summed E-state index contributed by atoms with van der Waals surface area (Å²) < 4.78 is 89.9. The Bertz CT molecular complexity index is 1130. The lowest BCUT2D eigenvalue weighted by Crippen LogP contribution is -2.16. The number of aryl methyl sites for hydroxylation is 1. The minimum absolute atomic E-state index is 0.0585. The second-order valence-corrected chi connectivity index (χ2v) is 16.7. The lowest BCUT2D eigenvalue weighted by molar-refractivity contribution is -0.0277. The van der Waals surface area contributed by atoms with Gasteiger partial charge in [-0.1, -0.05) is 121 Å². The van der Waals surface area contributed by atoms with Crippen molar-refractivity contribution in [3.05, 3.63) is 29.8 Å². The van der Waals surface area contributed by atoms with E-state index in [9.17, 15) is 8.42 Å². The van der Waals surface area contributed by atoms with Gasteiger partial charge >= 0.3 is 0 Å². The molecule has 1 aromatic rings. The van der Waals surface area contributed by atoms with Crippen molar-refractivity contribution in [2.75, 3.05) is 152 Å². The maximum Gasteiger partial charge on any atom is 0.297 e. The minimum atomic E-state index is -3.78. The first-order valence-electron chi connectivity index (χ1n) is 23.9. The highest BCUT2D eigenvalue weighted by molar-refractivity contribution is 7.86. The average Bonchev–Trinajstić information content (AvgIpc) is 3.27. The van der Waals surface area contributed by atoms with Gasteiger partial charge in [0.25, 0.3) is 10.1 Å². The van der Waals surface area contributed by atoms with E-state index in [1.807, 2.05) is 6.92 Å². The molecule has 0 heterocycles. The van der Waals surface area contributed by atoms with Gasteiger partial charge < -0.3 is 52.1 Å². The molecule has 0 saturated carbocycles. The smallest absolute Gasteiger partial charge is 0.297 e. The summed E-state index contributed by atoms with van der Waals surface area (Å²) in [7, 11) is -3.78. The highest BCUT2D eigenvalue weighted by Gasteiger charge is 2.14. The van der Waals surface area contributed by atoms with Crippen molar-refractivity contribution < 1.29 is 64.7 Å². The van der Waals surface area contributed by atoms with E-state index in [0.29, 0.717) is 132 Å². The molecule has 15 heteroatoms. The third-order valence-corrected chi connectivity index (χ3v) is 11.0. The summed E-state index contributed by atoms with van der Waals surface area (Å²) in [5.41, 5.74) is 0.977. The van der Waals surface area contributed by atoms with Crippen LogP contribution in [0.2, 0.25) is 0 Å². The summed E-state index contributed by atoms with van der Waals surface area (Å²) in [6.45, 7) is 14.9. The number of unbranched alkanes of at least 4 members (excludes halogenated alkanes) is 15. The summed E-state index contributed by atoms with van der Waals surface area (Å²) >= 11 is 0. The van der Waals surface area contributed by atoms with Gasteiger partial charge in [0.15, 0.2) is 0 Å². The molecule has 0 unspecified atom stereocenters. The Balaban J connectivity index is 1.63. The summed E-state index contributed by atoms with van der Waals surface area (Å²) in [6.07, 6.45) is 22.1. The molecule has 0 N–H and O–H groups in total. The molecular weight excluding hydrogens is 821 g/mol. The summed E-state index contributed by atoms with van der Waals surface area (Å²) in [4.78, 5) is 0.130. The number of hydrogen-bond donors (Lipinski definition) is 0. The summed E-state index contributed by atoms with van der Waals surface area (Å²) in [5, 5.41) is 0. The molecule has 0 saturated heterocycles. The molecule has 62 heavy (non-hydrogen) atoms. The average molecular weight is 909 g/mol. The van der Waals surface area contributed by atoms with Crippen molar-refractivity contribution in [3.8, 4) is 0 Å². The van der Waals surface area contributed by atoms with Gasteiger partial charge in [0.1, 0.15) is 0 Å². The molecule has 0 bridgehead atoms. The van der Waals surface area contributed by atoms with Crippen LogP contribution in [-0.2, 0) is 66.4 Å². The van der Waals surface area contributed by atoms with E-state index >= 15 is 0 Å². The zero-order valence-electron chi connectivity index (χ0n) is 39.0. The Morgan fingerprint density at radius 3 is 0.806 bits per heavy atom. The van der Waals surface area contributed by atoms with Gasteiger partial charge in [-0.15, -0.1) is 0 Å². The van der Waals surface area contributed by atoms with Crippen LogP contribution < -0.4 is 0 Å². The van der Waals surface area contributed by atoms with Gasteiger partial charge in [0, 0.05) is 6.61 Å². The first-order chi connectivity index (χ1) is 30.6. The van der Waals surface area contributed by atoms with Crippen molar-refractivity contribution >= 4 is 10.1 Å². The van der Waals surface area contributed by atoms with Gasteiger partial charge in [-0.25, -0.2) is 0 Å². The van der Waals surface area contributed by atoms with Crippen LogP contribution in [0.1, 0.15) is 115 Å². The van der Waals surface area contributed by atoms with E-state index in [-0.39, 0.29) is 18.1 Å². The van der Waals surface area contributed by atoms with E-state index in [4.69, 9.17) is 56.3 Å². The fraction of sp³-hybridized carbons (Fsp3) is 0.872. The maximum absolute atomic E-state index is 12.1. The number of benzene rings is 1. The van der Waals surface area contributed by atoms with Crippen LogP contribution in [0.15, 0.2) is 29.2 Å². The van der Waals surface area contributed by atoms with Crippen LogP contribution in [0, 0.1) is 6.92 Å². The number of rotatable bonds is 52. The molecular formula is C47H88O14S. The molecule has 0 aliphatic heterocycles. The minimum Gasteiger partial charge on any atom is -0.379 e. The normalized spacial score (nSPS) is 11.9. The third-order valence-electron chi connectivity index (χ3n) is 9.64. The van der Waals surface area contributed by atoms with Crippen LogP contribution in [0.5, 0.6) is 0 Å². The number of hydrogen-bond acceptors (Lipinski definition) is 14. The van der Waals surface area contributed by atoms with Crippen LogP contribution in [-0.4, -0.2) is 160 Å². The van der Waals surface area contributed by atoms with Crippen LogP contribution in [0.3, 0.4) is 0 Å². The fourth-order valence-corrected chi connectivity index (χ4v) is 6.92. The van der Waals surface area contributed by atoms with Crippen molar-refractivity contribution in [2.45, 2.75) is 121 Å². The van der Waals surface area contributed by atoms with Crippen molar-refractivity contribution in [1.29, 1.82) is 0 Å². The van der Waals surface area contributed by atoms with E-state index in [1.54, 1.807) is 12.1 Å². The van der Waals surface area contributed by atoms with Crippen molar-refractivity contribution in [1.82, 2.24) is 0 Å². The Kier molecular flexibility index (Phi) is 45.1. The second-order valence-electron chi connectivity index (χ2n) is 15.1. The lowest BCUT2D eigenvalue weighted by atomic mass is 10.0. The van der Waals surface area contributed by atoms with Crippen LogP contribution >= 0.6 is 0 Å². The van der Waals surface area contributed by atoms with E-state index in [0.717, 1.165) is 18.6 Å². The SMILES string of the molecule is CCCCCCCCCCCCCCCCCCOCCOCCOCCOCCOCCOCCOCCOCCOCCOCCOCCOS(=O)(=O)c1ccc(C)cc1. The topological polar surface area (TPSA) is 145 Å². The zero-order chi connectivity index (χ0) is 44.5. The molecule has 14 nitrogen and oxygen atoms in total. The first-order valence-corrected chi connectivity index (χ1v) is 25.3. The summed E-state index contributed by atoms with van der Waals surface area (Å²) in [6, 6.07) is 6.50. The van der Waals surface area contributed by atoms with Crippen LogP contribution in [0.25, 0.3) is 0 Å². The molecule has 0 amide bonds. The van der Waals surface area contributed by atoms with Crippen molar-refractivity contribution in [3.63, 3.8) is 0 Å². The Morgan fingerprint density at radius 1 is 0.306 bits per heavy atom. The molecule has 0 aliphatic carbocycles. The highest BCUT2D eigenvalue weighted by atomic mass is 32.2. The largest absolute Gasteiger partial charge is 0.379 e. The van der Waals surface area contributed by atoms with Crippen molar-refractivity contribution in [2.24, 2.45) is 0 Å². The Morgan fingerprint density at radius 2 is 0.532 bits per heavy atom. The van der Waals surface area contributed by atoms with E-state index in [1.165, 1.54) is 108 Å². The third kappa shape index (κ3) is 42.6. The maximum atomic E-state index is 12.1. The standard InChI is InChI=1S/C47H88O14S/c1-3-4-5-6-7-8-9-10-11-12-13-14-15-16-17-18-23-50-24-25-51-26-27-52-28-29-53-30-31-54-32-33-55-34-35-56-36-37-57-38-39-58-40-41-59-42-43-60-44-45-61-62(48,49)47-21-19-46(2)20-22-47/h19-22H,3-18,23-45H2,1-2H3. The molecule has 0 radical (unpaired) electrons. The van der Waals surface area contributed by atoms with Crippen LogP contribution in [0.4, 0.5) is 0 Å². The molecule has 0 aromatic heterocycles. The predicted octanol–water partition coefficient (Wildman–Crippen LogP) is 8.14. The fourth-order valence-electron chi connectivity index (χ4n) is 6.03. The van der Waals surface area contributed by atoms with Gasteiger partial charge in [0.05, 0.1) is 150 Å². The molecule has 0 aliphatic rings. The number of ether oxygens (including phenoxy) is 11. The quantitative estimate of drug-likeness (QED) is 0.0458. The van der Waals surface area contributed by atoms with Gasteiger partial charge in [-0.2, -0.15) is 8.42 Å². The van der Waals surface area contributed by atoms with Gasteiger partial charge in [-0.3, -0.25) is 4.18 Å². The molecule has 1 aromatic carbocycles. The van der Waals surface area contributed by atoms with Gasteiger partial charge in [-0.05, 0) is 25.5 Å². The monoisotopic (exact) mass is 909 g/mol. The molecule has 1 rings (SSSR count). The summed E-state index contributed by atoms with van der Waals surface area (Å²) in [5.74, 6) is 0. The molecule has 0 atom stereocenters. The van der Waals surface area contributed by atoms with E-state index < -0.39 is 10.1 Å². The first kappa shape index (κ1) is 58.7. The Hall–Kier alpha value is -1.31.